The molecule has 0 aliphatic rings. The van der Waals surface area contributed by atoms with Crippen LogP contribution < -0.4 is 10.6 Å². The van der Waals surface area contributed by atoms with Crippen molar-refractivity contribution in [2.24, 2.45) is 0 Å². The van der Waals surface area contributed by atoms with Gasteiger partial charge in [-0.05, 0) is 53.6 Å². The molecule has 116 valence electrons. The zero-order valence-electron chi connectivity index (χ0n) is 11.8. The minimum absolute atomic E-state index is 0.0589. The predicted molar refractivity (Wildman–Crippen MR) is 87.0 cm³/mol. The molecule has 0 spiro atoms. The van der Waals surface area contributed by atoms with E-state index in [1.54, 1.807) is 42.6 Å². The van der Waals surface area contributed by atoms with Gasteiger partial charge in [-0.2, -0.15) is 11.3 Å². The lowest BCUT2D eigenvalue weighted by Crippen LogP contribution is -2.43. The number of hydrogen-bond donors (Lipinski definition) is 3. The van der Waals surface area contributed by atoms with Crippen LogP contribution in [0.5, 0.6) is 0 Å². The Labute approximate surface area is 136 Å². The number of nitrogens with one attached hydrogen (secondary N) is 2. The van der Waals surface area contributed by atoms with Crippen LogP contribution in [0.4, 0.5) is 5.69 Å². The van der Waals surface area contributed by atoms with Crippen molar-refractivity contribution in [1.82, 2.24) is 5.32 Å². The van der Waals surface area contributed by atoms with E-state index in [2.05, 4.69) is 10.6 Å². The quantitative estimate of drug-likeness (QED) is 0.749. The minimum Gasteiger partial charge on any atom is -0.384 e. The van der Waals surface area contributed by atoms with Gasteiger partial charge in [-0.25, -0.2) is 0 Å². The maximum atomic E-state index is 11.8. The van der Waals surface area contributed by atoms with E-state index in [1.807, 2.05) is 5.38 Å². The fourth-order valence-electron chi connectivity index (χ4n) is 1.73. The van der Waals surface area contributed by atoms with Gasteiger partial charge in [0.15, 0.2) is 0 Å². The Kier molecular flexibility index (Phi) is 5.18. The van der Waals surface area contributed by atoms with E-state index < -0.39 is 17.4 Å². The molecule has 1 aromatic heterocycles. The molecule has 0 saturated heterocycles. The molecule has 1 atom stereocenters. The predicted octanol–water partition coefficient (Wildman–Crippen LogP) is 2.36. The van der Waals surface area contributed by atoms with E-state index >= 15 is 0 Å². The highest BCUT2D eigenvalue weighted by atomic mass is 35.5. The molecule has 22 heavy (non-hydrogen) atoms. The van der Waals surface area contributed by atoms with Gasteiger partial charge in [0, 0.05) is 10.7 Å². The maximum Gasteiger partial charge on any atom is 0.313 e. The van der Waals surface area contributed by atoms with Gasteiger partial charge in [0.25, 0.3) is 0 Å². The van der Waals surface area contributed by atoms with E-state index in [9.17, 15) is 14.7 Å². The van der Waals surface area contributed by atoms with Crippen LogP contribution >= 0.6 is 22.9 Å². The van der Waals surface area contributed by atoms with Crippen LogP contribution in [0.25, 0.3) is 0 Å². The molecule has 2 amide bonds. The molecule has 2 aromatic rings. The SMILES string of the molecule is CC(O)(CNC(=O)C(=O)Nc1ccc(Cl)cc1)c1ccsc1. The lowest BCUT2D eigenvalue weighted by atomic mass is 9.99. The van der Waals surface area contributed by atoms with Crippen molar-refractivity contribution in [3.8, 4) is 0 Å². The van der Waals surface area contributed by atoms with Crippen molar-refractivity contribution in [3.05, 3.63) is 51.7 Å². The van der Waals surface area contributed by atoms with Gasteiger partial charge in [-0.3, -0.25) is 9.59 Å². The zero-order valence-corrected chi connectivity index (χ0v) is 13.4. The van der Waals surface area contributed by atoms with E-state index in [0.29, 0.717) is 16.3 Å². The highest BCUT2D eigenvalue weighted by Gasteiger charge is 2.25. The summed E-state index contributed by atoms with van der Waals surface area (Å²) in [6, 6.07) is 8.17. The summed E-state index contributed by atoms with van der Waals surface area (Å²) >= 11 is 7.19. The summed E-state index contributed by atoms with van der Waals surface area (Å²) in [4.78, 5) is 23.5. The fraction of sp³-hybridized carbons (Fsp3) is 0.200. The molecule has 1 heterocycles. The highest BCUT2D eigenvalue weighted by molar-refractivity contribution is 7.08. The Morgan fingerprint density at radius 1 is 1.23 bits per heavy atom. The molecular weight excluding hydrogens is 324 g/mol. The Morgan fingerprint density at radius 2 is 1.91 bits per heavy atom. The molecule has 0 bridgehead atoms. The first-order valence-electron chi connectivity index (χ1n) is 6.48. The lowest BCUT2D eigenvalue weighted by molar-refractivity contribution is -0.136. The number of halogens is 1. The van der Waals surface area contributed by atoms with Crippen molar-refractivity contribution in [2.45, 2.75) is 12.5 Å². The molecule has 1 unspecified atom stereocenters. The monoisotopic (exact) mass is 338 g/mol. The summed E-state index contributed by atoms with van der Waals surface area (Å²) in [7, 11) is 0. The molecule has 0 fully saturated rings. The smallest absolute Gasteiger partial charge is 0.313 e. The first-order chi connectivity index (χ1) is 10.4. The molecule has 2 rings (SSSR count). The summed E-state index contributed by atoms with van der Waals surface area (Å²) in [5.41, 5.74) is -0.0685. The van der Waals surface area contributed by atoms with Crippen molar-refractivity contribution in [1.29, 1.82) is 0 Å². The van der Waals surface area contributed by atoms with Crippen LogP contribution in [-0.2, 0) is 15.2 Å². The third-order valence-corrected chi connectivity index (χ3v) is 3.98. The number of amides is 2. The average Bonchev–Trinajstić information content (AvgIpc) is 3.02. The normalized spacial score (nSPS) is 13.2. The number of benzene rings is 1. The van der Waals surface area contributed by atoms with E-state index in [-0.39, 0.29) is 6.54 Å². The highest BCUT2D eigenvalue weighted by Crippen LogP contribution is 2.22. The second-order valence-corrected chi connectivity index (χ2v) is 6.15. The number of anilines is 1. The average molecular weight is 339 g/mol. The summed E-state index contributed by atoms with van der Waals surface area (Å²) in [5.74, 6) is -1.62. The second-order valence-electron chi connectivity index (χ2n) is 4.93. The number of aliphatic hydroxyl groups is 1. The topological polar surface area (TPSA) is 78.4 Å². The number of rotatable bonds is 4. The van der Waals surface area contributed by atoms with Gasteiger partial charge in [-0.15, -0.1) is 0 Å². The Balaban J connectivity index is 1.89. The second kappa shape index (κ2) is 6.91. The molecule has 1 aromatic carbocycles. The van der Waals surface area contributed by atoms with E-state index in [1.165, 1.54) is 11.3 Å². The number of carbonyl (C=O) groups excluding carboxylic acids is 2. The molecule has 0 radical (unpaired) electrons. The van der Waals surface area contributed by atoms with Crippen molar-refractivity contribution < 1.29 is 14.7 Å². The Morgan fingerprint density at radius 3 is 2.50 bits per heavy atom. The summed E-state index contributed by atoms with van der Waals surface area (Å²) in [6.45, 7) is 1.52. The van der Waals surface area contributed by atoms with Gasteiger partial charge in [0.2, 0.25) is 0 Å². The third kappa shape index (κ3) is 4.30. The first-order valence-corrected chi connectivity index (χ1v) is 7.80. The largest absolute Gasteiger partial charge is 0.384 e. The summed E-state index contributed by atoms with van der Waals surface area (Å²) in [5, 5.41) is 19.3. The molecule has 0 aliphatic carbocycles. The van der Waals surface area contributed by atoms with Crippen LogP contribution in [0.15, 0.2) is 41.1 Å². The summed E-state index contributed by atoms with van der Waals surface area (Å²) in [6.07, 6.45) is 0. The zero-order chi connectivity index (χ0) is 16.2. The third-order valence-electron chi connectivity index (χ3n) is 3.04. The van der Waals surface area contributed by atoms with Gasteiger partial charge >= 0.3 is 11.8 Å². The molecule has 0 aliphatic heterocycles. The van der Waals surface area contributed by atoms with Gasteiger partial charge < -0.3 is 15.7 Å². The molecular formula is C15H15ClN2O3S. The van der Waals surface area contributed by atoms with Crippen LogP contribution in [0.1, 0.15) is 12.5 Å². The van der Waals surface area contributed by atoms with Crippen LogP contribution in [-0.4, -0.2) is 23.5 Å². The maximum absolute atomic E-state index is 11.8. The molecule has 3 N–H and O–H groups in total. The molecule has 7 heteroatoms. The summed E-state index contributed by atoms with van der Waals surface area (Å²) < 4.78 is 0. The molecule has 5 nitrogen and oxygen atoms in total. The van der Waals surface area contributed by atoms with Gasteiger partial charge in [0.05, 0.1) is 6.54 Å². The standard InChI is InChI=1S/C15H15ClN2O3S/c1-15(21,10-6-7-22-8-10)9-17-13(19)14(20)18-12-4-2-11(16)3-5-12/h2-8,21H,9H2,1H3,(H,17,19)(H,18,20). The fourth-order valence-corrected chi connectivity index (χ4v) is 2.64. The van der Waals surface area contributed by atoms with Gasteiger partial charge in [0.1, 0.15) is 5.60 Å². The first kappa shape index (κ1) is 16.5. The number of thiophene rings is 1. The van der Waals surface area contributed by atoms with Crippen LogP contribution in [0.3, 0.4) is 0 Å². The molecule has 0 saturated carbocycles. The Hall–Kier alpha value is -1.89. The van der Waals surface area contributed by atoms with Crippen molar-refractivity contribution in [2.75, 3.05) is 11.9 Å². The van der Waals surface area contributed by atoms with Crippen molar-refractivity contribution in [3.63, 3.8) is 0 Å². The van der Waals surface area contributed by atoms with Crippen molar-refractivity contribution >= 4 is 40.4 Å². The minimum atomic E-state index is -1.23. The Bertz CT molecular complexity index is 654. The van der Waals surface area contributed by atoms with Crippen LogP contribution in [0.2, 0.25) is 5.02 Å². The van der Waals surface area contributed by atoms with Gasteiger partial charge in [-0.1, -0.05) is 11.6 Å². The van der Waals surface area contributed by atoms with E-state index in [0.717, 1.165) is 0 Å². The van der Waals surface area contributed by atoms with Crippen LogP contribution in [0, 0.1) is 0 Å². The number of carbonyl (C=O) groups is 2. The lowest BCUT2D eigenvalue weighted by Gasteiger charge is -2.22. The van der Waals surface area contributed by atoms with E-state index in [4.69, 9.17) is 11.6 Å². The number of hydrogen-bond acceptors (Lipinski definition) is 4.